The largest absolute Gasteiger partial charge is 0.444 e. The van der Waals surface area contributed by atoms with E-state index in [1.54, 1.807) is 24.3 Å². The van der Waals surface area contributed by atoms with Gasteiger partial charge in [-0.15, -0.1) is 0 Å². The van der Waals surface area contributed by atoms with Crippen LogP contribution in [0.3, 0.4) is 0 Å². The Hall–Kier alpha value is -1.89. The molecule has 0 aliphatic heterocycles. The third kappa shape index (κ3) is 9.29. The summed E-state index contributed by atoms with van der Waals surface area (Å²) in [7, 11) is 1.74. The van der Waals surface area contributed by atoms with E-state index in [0.717, 1.165) is 19.4 Å². The van der Waals surface area contributed by atoms with Crippen molar-refractivity contribution in [3.63, 3.8) is 0 Å². The lowest BCUT2D eigenvalue weighted by Gasteiger charge is -2.24. The van der Waals surface area contributed by atoms with Gasteiger partial charge in [0.05, 0.1) is 0 Å². The van der Waals surface area contributed by atoms with Crippen LogP contribution in [0.1, 0.15) is 32.8 Å². The molecule has 7 heteroatoms. The number of carbonyl (C=O) groups is 1. The summed E-state index contributed by atoms with van der Waals surface area (Å²) in [4.78, 5) is 17.4. The summed E-state index contributed by atoms with van der Waals surface area (Å²) in [5, 5.41) is 6.94. The van der Waals surface area contributed by atoms with Crippen LogP contribution in [0, 0.1) is 0 Å². The smallest absolute Gasteiger partial charge is 0.410 e. The van der Waals surface area contributed by atoms with Crippen molar-refractivity contribution in [3.05, 3.63) is 30.1 Å². The molecule has 0 aromatic carbocycles. The van der Waals surface area contributed by atoms with E-state index in [0.29, 0.717) is 18.2 Å². The monoisotopic (exact) mass is 352 g/mol. The van der Waals surface area contributed by atoms with Crippen molar-refractivity contribution >= 4 is 23.4 Å². The van der Waals surface area contributed by atoms with Crippen LogP contribution in [-0.4, -0.2) is 53.4 Å². The Morgan fingerprint density at radius 3 is 2.50 bits per heavy atom. The zero-order chi connectivity index (χ0) is 18.0. The van der Waals surface area contributed by atoms with Gasteiger partial charge in [-0.3, -0.25) is 4.98 Å². The van der Waals surface area contributed by atoms with Gasteiger partial charge in [0, 0.05) is 39.1 Å². The molecule has 0 fully saturated rings. The molecule has 0 saturated heterocycles. The molecule has 1 aromatic rings. The number of amides is 1. The predicted octanol–water partition coefficient (Wildman–Crippen LogP) is 2.35. The zero-order valence-corrected chi connectivity index (χ0v) is 15.8. The highest BCUT2D eigenvalue weighted by Gasteiger charge is 2.18. The topological polar surface area (TPSA) is 66.5 Å². The molecule has 0 atom stereocenters. The molecule has 0 spiro atoms. The second kappa shape index (κ2) is 10.1. The van der Waals surface area contributed by atoms with Crippen molar-refractivity contribution in [2.45, 2.75) is 39.2 Å². The predicted molar refractivity (Wildman–Crippen MR) is 100 cm³/mol. The van der Waals surface area contributed by atoms with Crippen LogP contribution in [0.15, 0.2) is 24.5 Å². The first kappa shape index (κ1) is 20.2. The Morgan fingerprint density at radius 1 is 1.25 bits per heavy atom. The second-order valence-corrected chi connectivity index (χ2v) is 6.95. The van der Waals surface area contributed by atoms with E-state index < -0.39 is 5.60 Å². The van der Waals surface area contributed by atoms with Gasteiger partial charge in [0.15, 0.2) is 5.11 Å². The molecule has 0 aliphatic carbocycles. The van der Waals surface area contributed by atoms with E-state index in [1.807, 2.05) is 32.9 Å². The van der Waals surface area contributed by atoms with Crippen LogP contribution in [0.4, 0.5) is 4.79 Å². The first-order chi connectivity index (χ1) is 11.3. The minimum absolute atomic E-state index is 0.305. The maximum atomic E-state index is 11.8. The second-order valence-electron chi connectivity index (χ2n) is 6.54. The van der Waals surface area contributed by atoms with Crippen LogP contribution in [0.2, 0.25) is 0 Å². The number of hydrogen-bond donors (Lipinski definition) is 2. The summed E-state index contributed by atoms with van der Waals surface area (Å²) in [6.45, 7) is 7.66. The van der Waals surface area contributed by atoms with E-state index in [4.69, 9.17) is 17.0 Å². The lowest BCUT2D eigenvalue weighted by molar-refractivity contribution is 0.0298. The number of rotatable bonds is 7. The van der Waals surface area contributed by atoms with Crippen LogP contribution < -0.4 is 10.6 Å². The van der Waals surface area contributed by atoms with E-state index in [2.05, 4.69) is 15.6 Å². The third-order valence-electron chi connectivity index (χ3n) is 3.11. The molecule has 2 N–H and O–H groups in total. The number of pyridine rings is 1. The first-order valence-electron chi connectivity index (χ1n) is 8.12. The SMILES string of the molecule is CN(CCCNC(=S)NCCc1ccncc1)C(=O)OC(C)(C)C. The summed E-state index contributed by atoms with van der Waals surface area (Å²) < 4.78 is 5.30. The maximum Gasteiger partial charge on any atom is 0.410 e. The molecule has 24 heavy (non-hydrogen) atoms. The summed E-state index contributed by atoms with van der Waals surface area (Å²) in [5.74, 6) is 0. The summed E-state index contributed by atoms with van der Waals surface area (Å²) in [5.41, 5.74) is 0.753. The van der Waals surface area contributed by atoms with Gasteiger partial charge < -0.3 is 20.3 Å². The number of hydrogen-bond acceptors (Lipinski definition) is 4. The van der Waals surface area contributed by atoms with E-state index in [-0.39, 0.29) is 6.09 Å². The Bertz CT molecular complexity index is 517. The fourth-order valence-electron chi connectivity index (χ4n) is 1.88. The third-order valence-corrected chi connectivity index (χ3v) is 3.40. The number of carbonyl (C=O) groups excluding carboxylic acids is 1. The minimum atomic E-state index is -0.468. The Labute approximate surface area is 150 Å². The average Bonchev–Trinajstić information content (AvgIpc) is 2.50. The van der Waals surface area contributed by atoms with Crippen molar-refractivity contribution in [2.75, 3.05) is 26.7 Å². The van der Waals surface area contributed by atoms with Crippen LogP contribution in [0.5, 0.6) is 0 Å². The van der Waals surface area contributed by atoms with Gasteiger partial charge in [0.25, 0.3) is 0 Å². The number of nitrogens with one attached hydrogen (secondary N) is 2. The van der Waals surface area contributed by atoms with Gasteiger partial charge in [-0.1, -0.05) is 0 Å². The summed E-state index contributed by atoms with van der Waals surface area (Å²) in [6, 6.07) is 3.98. The molecule has 0 unspecified atom stereocenters. The Morgan fingerprint density at radius 2 is 1.88 bits per heavy atom. The number of ether oxygens (including phenoxy) is 1. The zero-order valence-electron chi connectivity index (χ0n) is 15.0. The van der Waals surface area contributed by atoms with Crippen LogP contribution in [-0.2, 0) is 11.2 Å². The van der Waals surface area contributed by atoms with Crippen molar-refractivity contribution < 1.29 is 9.53 Å². The molecule has 0 radical (unpaired) electrons. The molecule has 6 nitrogen and oxygen atoms in total. The highest BCUT2D eigenvalue weighted by atomic mass is 32.1. The van der Waals surface area contributed by atoms with E-state index in [9.17, 15) is 4.79 Å². The number of nitrogens with zero attached hydrogens (tertiary/aromatic N) is 2. The fraction of sp³-hybridized carbons (Fsp3) is 0.588. The van der Waals surface area contributed by atoms with E-state index >= 15 is 0 Å². The summed E-state index contributed by atoms with van der Waals surface area (Å²) >= 11 is 5.23. The highest BCUT2D eigenvalue weighted by molar-refractivity contribution is 7.80. The molecular weight excluding hydrogens is 324 g/mol. The fourth-order valence-corrected chi connectivity index (χ4v) is 2.09. The molecule has 1 heterocycles. The molecule has 0 aliphatic rings. The Kier molecular flexibility index (Phi) is 8.46. The lowest BCUT2D eigenvalue weighted by Crippen LogP contribution is -2.39. The van der Waals surface area contributed by atoms with Crippen LogP contribution >= 0.6 is 12.2 Å². The molecule has 134 valence electrons. The standard InChI is InChI=1S/C17H28N4O2S/c1-17(2,3)23-16(22)21(4)13-5-9-19-15(24)20-12-8-14-6-10-18-11-7-14/h6-7,10-11H,5,8-9,12-13H2,1-4H3,(H2,19,20,24). The molecule has 0 bridgehead atoms. The maximum absolute atomic E-state index is 11.8. The highest BCUT2D eigenvalue weighted by Crippen LogP contribution is 2.09. The normalized spacial score (nSPS) is 10.8. The van der Waals surface area contributed by atoms with Crippen molar-refractivity contribution in [2.24, 2.45) is 0 Å². The van der Waals surface area contributed by atoms with Gasteiger partial charge in [0.1, 0.15) is 5.60 Å². The number of aromatic nitrogens is 1. The van der Waals surface area contributed by atoms with E-state index in [1.165, 1.54) is 5.56 Å². The number of thiocarbonyl (C=S) groups is 1. The average molecular weight is 353 g/mol. The van der Waals surface area contributed by atoms with Crippen molar-refractivity contribution in [1.82, 2.24) is 20.5 Å². The quantitative estimate of drug-likeness (QED) is 0.580. The molecule has 0 saturated carbocycles. The molecular formula is C17H28N4O2S. The minimum Gasteiger partial charge on any atom is -0.444 e. The van der Waals surface area contributed by atoms with Crippen molar-refractivity contribution in [3.8, 4) is 0 Å². The molecule has 1 rings (SSSR count). The first-order valence-corrected chi connectivity index (χ1v) is 8.53. The van der Waals surface area contributed by atoms with Gasteiger partial charge >= 0.3 is 6.09 Å². The molecule has 1 amide bonds. The van der Waals surface area contributed by atoms with Gasteiger partial charge in [0.2, 0.25) is 0 Å². The van der Waals surface area contributed by atoms with Crippen molar-refractivity contribution in [1.29, 1.82) is 0 Å². The van der Waals surface area contributed by atoms with Crippen LogP contribution in [0.25, 0.3) is 0 Å². The summed E-state index contributed by atoms with van der Waals surface area (Å²) in [6.07, 6.45) is 4.95. The Balaban J connectivity index is 2.09. The van der Waals surface area contributed by atoms with Gasteiger partial charge in [-0.2, -0.15) is 0 Å². The molecule has 1 aromatic heterocycles. The van der Waals surface area contributed by atoms with Gasteiger partial charge in [-0.05, 0) is 63.5 Å². The lowest BCUT2D eigenvalue weighted by atomic mass is 10.2. The van der Waals surface area contributed by atoms with Gasteiger partial charge in [-0.25, -0.2) is 4.79 Å².